The molecule has 0 radical (unpaired) electrons. The molecule has 2 heterocycles. The van der Waals surface area contributed by atoms with Gasteiger partial charge in [0.1, 0.15) is 48.8 Å². The summed E-state index contributed by atoms with van der Waals surface area (Å²) in [7, 11) is 0. The van der Waals surface area contributed by atoms with E-state index in [1.807, 2.05) is 6.08 Å². The van der Waals surface area contributed by atoms with E-state index < -0.39 is 86.8 Å². The lowest BCUT2D eigenvalue weighted by molar-refractivity contribution is -0.359. The number of hydrogen-bond donors (Lipinski definition) is 9. The zero-order chi connectivity index (χ0) is 73.0. The Morgan fingerprint density at radius 1 is 0.366 bits per heavy atom. The van der Waals surface area contributed by atoms with Crippen molar-refractivity contribution in [1.82, 2.24) is 5.32 Å². The fourth-order valence-corrected chi connectivity index (χ4v) is 13.2. The summed E-state index contributed by atoms with van der Waals surface area (Å²) in [6.07, 6.45) is 84.6. The van der Waals surface area contributed by atoms with E-state index in [9.17, 15) is 45.6 Å². The van der Waals surface area contributed by atoms with Gasteiger partial charge in [-0.05, 0) is 89.9 Å². The van der Waals surface area contributed by atoms with Gasteiger partial charge in [0.15, 0.2) is 12.6 Å². The molecule has 2 saturated heterocycles. The molecule has 0 saturated carbocycles. The van der Waals surface area contributed by atoms with Crippen molar-refractivity contribution in [3.63, 3.8) is 0 Å². The number of aliphatic hydroxyl groups excluding tert-OH is 8. The molecule has 0 aromatic carbocycles. The molecule has 12 unspecified atom stereocenters. The Morgan fingerprint density at radius 2 is 0.693 bits per heavy atom. The first-order chi connectivity index (χ1) is 49.6. The highest BCUT2D eigenvalue weighted by Crippen LogP contribution is 2.30. The summed E-state index contributed by atoms with van der Waals surface area (Å²) in [5, 5.41) is 87.7. The summed E-state index contributed by atoms with van der Waals surface area (Å²) in [6.45, 7) is 2.71. The Labute approximate surface area is 616 Å². The average molecular weight is 1420 g/mol. The third-order valence-electron chi connectivity index (χ3n) is 19.7. The maximum absolute atomic E-state index is 13.4. The number of nitrogens with one attached hydrogen (secondary N) is 1. The van der Waals surface area contributed by atoms with E-state index >= 15 is 0 Å². The molecule has 12 atom stereocenters. The van der Waals surface area contributed by atoms with Crippen LogP contribution >= 0.6 is 0 Å². The summed E-state index contributed by atoms with van der Waals surface area (Å²) < 4.78 is 22.9. The minimum Gasteiger partial charge on any atom is -0.394 e. The van der Waals surface area contributed by atoms with E-state index in [0.717, 1.165) is 77.0 Å². The molecule has 1 amide bonds. The van der Waals surface area contributed by atoms with Crippen LogP contribution in [-0.2, 0) is 23.7 Å². The largest absolute Gasteiger partial charge is 0.394 e. The van der Waals surface area contributed by atoms with Crippen molar-refractivity contribution >= 4 is 5.91 Å². The quantitative estimate of drug-likeness (QED) is 0.0204. The molecule has 0 aliphatic carbocycles. The van der Waals surface area contributed by atoms with Gasteiger partial charge in [0.2, 0.25) is 5.91 Å². The fraction of sp³-hybridized carbons (Fsp3) is 0.782. The second-order valence-corrected chi connectivity index (χ2v) is 28.9. The van der Waals surface area contributed by atoms with E-state index in [1.165, 1.54) is 231 Å². The maximum atomic E-state index is 13.4. The summed E-state index contributed by atoms with van der Waals surface area (Å²) in [6, 6.07) is -0.940. The van der Waals surface area contributed by atoms with Crippen LogP contribution in [-0.4, -0.2) is 140 Å². The van der Waals surface area contributed by atoms with Crippen molar-refractivity contribution in [3.8, 4) is 0 Å². The van der Waals surface area contributed by atoms with Crippen molar-refractivity contribution < 1.29 is 64.6 Å². The average Bonchev–Trinajstić information content (AvgIpc) is 0.792. The fourth-order valence-electron chi connectivity index (χ4n) is 13.2. The number of amides is 1. The molecule has 584 valence electrons. The first-order valence-electron chi connectivity index (χ1n) is 41.6. The standard InChI is InChI=1S/C87H153NO13/c1-3-5-7-9-11-13-15-17-19-21-23-25-27-29-31-33-35-36-37-38-39-40-41-43-45-47-49-51-53-55-57-59-61-63-65-67-69-71-79(92)88-75(74-98-86-84(97)82(95)85(78(73-90)100-86)101-87-83(96)81(94)80(93)77(72-89)99-87)76(91)70-68-66-64-62-60-58-56-54-52-50-48-46-44-42-34-32-30-28-26-24-22-20-18-16-14-12-10-8-6-4-2/h5,7,11,13,17,19,23,25,29,31,35-36,38-39,60,62,68,70,75-78,80-87,89-91,93-97H,3-4,6,8-10,12,14-16,18,20-22,24,26-28,30,32-34,37,40-59,61,63-67,69,71-74H2,1-2H3,(H,88,92)/b7-5-,13-11-,19-17-,25-23-,31-29-,36-35-,39-38-,62-60+,70-68+. The van der Waals surface area contributed by atoms with Gasteiger partial charge >= 0.3 is 0 Å². The Balaban J connectivity index is 1.62. The molecule has 14 nitrogen and oxygen atoms in total. The van der Waals surface area contributed by atoms with Gasteiger partial charge in [-0.1, -0.05) is 354 Å². The van der Waals surface area contributed by atoms with Crippen molar-refractivity contribution in [2.75, 3.05) is 19.8 Å². The molecule has 0 aromatic rings. The number of rotatable bonds is 69. The molecule has 0 bridgehead atoms. The minimum atomic E-state index is -1.80. The molecule has 14 heteroatoms. The summed E-state index contributed by atoms with van der Waals surface area (Å²) >= 11 is 0. The number of allylic oxidation sites excluding steroid dienone is 17. The van der Waals surface area contributed by atoms with Crippen LogP contribution in [0, 0.1) is 0 Å². The molecular formula is C87H153NO13. The zero-order valence-electron chi connectivity index (χ0n) is 64.1. The predicted molar refractivity (Wildman–Crippen MR) is 419 cm³/mol. The van der Waals surface area contributed by atoms with Gasteiger partial charge in [0.05, 0.1) is 32.0 Å². The van der Waals surface area contributed by atoms with Gasteiger partial charge in [-0.3, -0.25) is 4.79 Å². The first kappa shape index (κ1) is 93.7. The molecule has 0 spiro atoms. The number of aliphatic hydroxyl groups is 8. The Kier molecular flexibility index (Phi) is 64.7. The van der Waals surface area contributed by atoms with Crippen LogP contribution in [0.1, 0.15) is 341 Å². The summed E-state index contributed by atoms with van der Waals surface area (Å²) in [5.74, 6) is -0.248. The minimum absolute atomic E-state index is 0.248. The Bertz CT molecular complexity index is 2120. The molecule has 2 rings (SSSR count). The normalized spacial score (nSPS) is 22.3. The van der Waals surface area contributed by atoms with Gasteiger partial charge in [-0.25, -0.2) is 0 Å². The second kappa shape index (κ2) is 69.7. The lowest BCUT2D eigenvalue weighted by atomic mass is 9.97. The van der Waals surface area contributed by atoms with Gasteiger partial charge in [0, 0.05) is 6.42 Å². The highest BCUT2D eigenvalue weighted by atomic mass is 16.7. The molecule has 2 aliphatic rings. The summed E-state index contributed by atoms with van der Waals surface area (Å²) in [4.78, 5) is 13.4. The topological polar surface area (TPSA) is 228 Å². The van der Waals surface area contributed by atoms with E-state index in [4.69, 9.17) is 18.9 Å². The van der Waals surface area contributed by atoms with Crippen LogP contribution in [0.2, 0.25) is 0 Å². The van der Waals surface area contributed by atoms with Gasteiger partial charge in [-0.2, -0.15) is 0 Å². The van der Waals surface area contributed by atoms with Gasteiger partial charge < -0.3 is 65.1 Å². The second-order valence-electron chi connectivity index (χ2n) is 28.9. The molecular weight excluding hydrogens is 1270 g/mol. The van der Waals surface area contributed by atoms with E-state index in [2.05, 4.69) is 116 Å². The van der Waals surface area contributed by atoms with Crippen molar-refractivity contribution in [2.45, 2.75) is 415 Å². The molecule has 2 fully saturated rings. The van der Waals surface area contributed by atoms with Crippen molar-refractivity contribution in [2.24, 2.45) is 0 Å². The number of carbonyl (C=O) groups is 1. The van der Waals surface area contributed by atoms with Gasteiger partial charge in [-0.15, -0.1) is 0 Å². The molecule has 2 aliphatic heterocycles. The van der Waals surface area contributed by atoms with Crippen molar-refractivity contribution in [3.05, 3.63) is 109 Å². The number of hydrogen-bond acceptors (Lipinski definition) is 13. The van der Waals surface area contributed by atoms with Crippen LogP contribution in [0.5, 0.6) is 0 Å². The lowest BCUT2D eigenvalue weighted by Gasteiger charge is -2.46. The SMILES string of the molecule is CC/C=C\C/C=C\C/C=C\C/C=C\C/C=C\C/C=C\C/C=C\CCCCCCCCCCCCCCCCCC(=O)NC(COC1OC(CO)C(OC2OC(CO)C(O)C(O)C2O)C(O)C1O)C(O)/C=C/CC/C=C/CCCCCCCCCCCCCCCCCCCCCCCCCC. The van der Waals surface area contributed by atoms with E-state index in [-0.39, 0.29) is 18.9 Å². The number of ether oxygens (including phenoxy) is 4. The smallest absolute Gasteiger partial charge is 0.220 e. The molecule has 9 N–H and O–H groups in total. The molecule has 101 heavy (non-hydrogen) atoms. The van der Waals surface area contributed by atoms with Crippen molar-refractivity contribution in [1.29, 1.82) is 0 Å². The van der Waals surface area contributed by atoms with Crippen LogP contribution in [0.4, 0.5) is 0 Å². The third-order valence-corrected chi connectivity index (χ3v) is 19.7. The first-order valence-corrected chi connectivity index (χ1v) is 41.6. The number of carbonyl (C=O) groups excluding carboxylic acids is 1. The van der Waals surface area contributed by atoms with Crippen LogP contribution < -0.4 is 5.32 Å². The van der Waals surface area contributed by atoms with Gasteiger partial charge in [0.25, 0.3) is 0 Å². The number of unbranched alkanes of at least 4 members (excludes halogenated alkanes) is 40. The third kappa shape index (κ3) is 52.3. The maximum Gasteiger partial charge on any atom is 0.220 e. The summed E-state index contributed by atoms with van der Waals surface area (Å²) in [5.41, 5.74) is 0. The zero-order valence-corrected chi connectivity index (χ0v) is 64.1. The highest BCUT2D eigenvalue weighted by Gasteiger charge is 2.51. The van der Waals surface area contributed by atoms with E-state index in [1.54, 1.807) is 6.08 Å². The Morgan fingerprint density at radius 3 is 1.09 bits per heavy atom. The van der Waals surface area contributed by atoms with Crippen LogP contribution in [0.25, 0.3) is 0 Å². The molecule has 0 aromatic heterocycles. The Hall–Kier alpha value is -3.35. The monoisotopic (exact) mass is 1420 g/mol. The highest BCUT2D eigenvalue weighted by molar-refractivity contribution is 5.76. The van der Waals surface area contributed by atoms with Crippen LogP contribution in [0.3, 0.4) is 0 Å². The van der Waals surface area contributed by atoms with Crippen LogP contribution in [0.15, 0.2) is 109 Å². The van der Waals surface area contributed by atoms with E-state index in [0.29, 0.717) is 12.8 Å². The predicted octanol–water partition coefficient (Wildman–Crippen LogP) is 19.4. The lowest BCUT2D eigenvalue weighted by Crippen LogP contribution is -2.65.